The molecular formula is C28H24N2O3S. The normalized spacial score (nSPS) is 18.5. The van der Waals surface area contributed by atoms with Crippen molar-refractivity contribution in [1.29, 1.82) is 0 Å². The average molecular weight is 469 g/mol. The van der Waals surface area contributed by atoms with Crippen molar-refractivity contribution < 1.29 is 14.2 Å². The van der Waals surface area contributed by atoms with Gasteiger partial charge in [-0.05, 0) is 41.3 Å². The van der Waals surface area contributed by atoms with Crippen molar-refractivity contribution in [3.05, 3.63) is 112 Å². The zero-order valence-electron chi connectivity index (χ0n) is 18.8. The number of methoxy groups -OCH3 is 1. The molecule has 34 heavy (non-hydrogen) atoms. The first-order valence-corrected chi connectivity index (χ1v) is 12.2. The van der Waals surface area contributed by atoms with Crippen molar-refractivity contribution in [2.75, 3.05) is 7.11 Å². The molecule has 0 saturated carbocycles. The van der Waals surface area contributed by atoms with Crippen molar-refractivity contribution in [2.45, 2.75) is 25.3 Å². The number of thiophene rings is 1. The van der Waals surface area contributed by atoms with Crippen molar-refractivity contribution >= 4 is 17.0 Å². The largest absolute Gasteiger partial charge is 0.493 e. The van der Waals surface area contributed by atoms with E-state index in [1.54, 1.807) is 18.4 Å². The first-order valence-electron chi connectivity index (χ1n) is 11.3. The Kier molecular flexibility index (Phi) is 5.43. The van der Waals surface area contributed by atoms with Gasteiger partial charge in [-0.25, -0.2) is 5.01 Å². The van der Waals surface area contributed by atoms with Crippen LogP contribution in [0, 0.1) is 0 Å². The maximum Gasteiger partial charge on any atom is 0.214 e. The summed E-state index contributed by atoms with van der Waals surface area (Å²) in [4.78, 5) is 1.20. The molecule has 0 N–H and O–H groups in total. The third-order valence-corrected chi connectivity index (χ3v) is 7.13. The minimum atomic E-state index is -0.352. The van der Waals surface area contributed by atoms with Crippen LogP contribution in [0.25, 0.3) is 0 Å². The second kappa shape index (κ2) is 8.88. The Balaban J connectivity index is 1.33. The monoisotopic (exact) mass is 468 g/mol. The Morgan fingerprint density at radius 2 is 1.82 bits per heavy atom. The molecule has 6 heteroatoms. The summed E-state index contributed by atoms with van der Waals surface area (Å²) in [5, 5.41) is 9.21. The molecule has 5 nitrogen and oxygen atoms in total. The van der Waals surface area contributed by atoms with Crippen LogP contribution in [0.2, 0.25) is 0 Å². The van der Waals surface area contributed by atoms with E-state index in [4.69, 9.17) is 19.3 Å². The molecule has 170 valence electrons. The average Bonchev–Trinajstić information content (AvgIpc) is 3.58. The predicted octanol–water partition coefficient (Wildman–Crippen LogP) is 6.58. The molecule has 2 atom stereocenters. The van der Waals surface area contributed by atoms with Crippen molar-refractivity contribution in [1.82, 2.24) is 5.01 Å². The summed E-state index contributed by atoms with van der Waals surface area (Å²) in [5.41, 5.74) is 4.35. The van der Waals surface area contributed by atoms with Crippen molar-refractivity contribution in [2.24, 2.45) is 5.10 Å². The number of hydrazone groups is 1. The zero-order chi connectivity index (χ0) is 22.9. The molecule has 0 bridgehead atoms. The molecule has 2 aliphatic rings. The van der Waals surface area contributed by atoms with Crippen LogP contribution in [0.3, 0.4) is 0 Å². The SMILES string of the molecule is COc1cc([C@@H]2Oc3ccccc3[C@@H]3CC(c4cccs4)=NN32)ccc1OCc1ccccc1. The molecule has 0 radical (unpaired) electrons. The topological polar surface area (TPSA) is 43.3 Å². The molecule has 4 aromatic rings. The zero-order valence-corrected chi connectivity index (χ0v) is 19.6. The Labute approximate surface area is 202 Å². The van der Waals surface area contributed by atoms with Gasteiger partial charge >= 0.3 is 0 Å². The molecular weight excluding hydrogens is 444 g/mol. The molecule has 3 aromatic carbocycles. The van der Waals surface area contributed by atoms with Gasteiger partial charge in [0.2, 0.25) is 6.23 Å². The summed E-state index contributed by atoms with van der Waals surface area (Å²) in [5.74, 6) is 2.28. The van der Waals surface area contributed by atoms with E-state index in [2.05, 4.69) is 34.7 Å². The number of rotatable bonds is 6. The maximum absolute atomic E-state index is 6.49. The number of nitrogens with zero attached hydrogens (tertiary/aromatic N) is 2. The lowest BCUT2D eigenvalue weighted by atomic mass is 9.97. The fourth-order valence-corrected chi connectivity index (χ4v) is 5.26. The highest BCUT2D eigenvalue weighted by molar-refractivity contribution is 7.12. The first kappa shape index (κ1) is 20.8. The number of benzene rings is 3. The second-order valence-electron chi connectivity index (χ2n) is 8.32. The molecule has 2 aliphatic heterocycles. The summed E-state index contributed by atoms with van der Waals surface area (Å²) in [7, 11) is 1.66. The quantitative estimate of drug-likeness (QED) is 0.321. The highest BCUT2D eigenvalue weighted by Gasteiger charge is 2.41. The van der Waals surface area contributed by atoms with Gasteiger partial charge in [0.05, 0.1) is 23.7 Å². The summed E-state index contributed by atoms with van der Waals surface area (Å²) in [6.07, 6.45) is 0.502. The number of hydrogen-bond donors (Lipinski definition) is 0. The van der Waals surface area contributed by atoms with E-state index in [0.29, 0.717) is 18.1 Å². The molecule has 0 spiro atoms. The van der Waals surface area contributed by atoms with E-state index in [0.717, 1.165) is 29.0 Å². The highest BCUT2D eigenvalue weighted by atomic mass is 32.1. The summed E-state index contributed by atoms with van der Waals surface area (Å²) in [6, 6.07) is 28.7. The van der Waals surface area contributed by atoms with Crippen LogP contribution in [0.15, 0.2) is 95.4 Å². The third kappa shape index (κ3) is 3.80. The van der Waals surface area contributed by atoms with E-state index < -0.39 is 0 Å². The highest BCUT2D eigenvalue weighted by Crippen LogP contribution is 2.48. The number of para-hydroxylation sites is 1. The minimum Gasteiger partial charge on any atom is -0.493 e. The Morgan fingerprint density at radius 3 is 2.65 bits per heavy atom. The molecule has 0 fully saturated rings. The first-order chi connectivity index (χ1) is 16.8. The lowest BCUT2D eigenvalue weighted by Gasteiger charge is -2.38. The van der Waals surface area contributed by atoms with E-state index in [1.807, 2.05) is 60.7 Å². The molecule has 6 rings (SSSR count). The number of ether oxygens (including phenoxy) is 3. The van der Waals surface area contributed by atoms with Crippen LogP contribution in [-0.4, -0.2) is 17.8 Å². The molecule has 0 aliphatic carbocycles. The molecule has 0 unspecified atom stereocenters. The van der Waals surface area contributed by atoms with E-state index in [-0.39, 0.29) is 12.3 Å². The smallest absolute Gasteiger partial charge is 0.214 e. The van der Waals surface area contributed by atoms with Gasteiger partial charge in [-0.1, -0.05) is 54.6 Å². The van der Waals surface area contributed by atoms with Crippen LogP contribution in [-0.2, 0) is 6.61 Å². The predicted molar refractivity (Wildman–Crippen MR) is 134 cm³/mol. The van der Waals surface area contributed by atoms with Crippen molar-refractivity contribution in [3.63, 3.8) is 0 Å². The fourth-order valence-electron chi connectivity index (χ4n) is 4.54. The summed E-state index contributed by atoms with van der Waals surface area (Å²) >= 11 is 1.72. The Morgan fingerprint density at radius 1 is 0.971 bits per heavy atom. The Hall–Kier alpha value is -3.77. The van der Waals surface area contributed by atoms with Gasteiger partial charge in [-0.15, -0.1) is 11.3 Å². The van der Waals surface area contributed by atoms with Gasteiger partial charge in [0.1, 0.15) is 12.4 Å². The third-order valence-electron chi connectivity index (χ3n) is 6.21. The molecule has 0 amide bonds. The Bertz CT molecular complexity index is 1320. The number of fused-ring (bicyclic) bond motifs is 3. The fraction of sp³-hybridized carbons (Fsp3) is 0.179. The van der Waals surface area contributed by atoms with Crippen LogP contribution in [0.1, 0.15) is 40.3 Å². The van der Waals surface area contributed by atoms with Gasteiger partial charge in [-0.3, -0.25) is 0 Å². The molecule has 1 aromatic heterocycles. The standard InChI is InChI=1S/C28H24N2O3S/c1-31-26-16-20(13-14-25(26)32-18-19-8-3-2-4-9-19)28-30-23(21-10-5-6-11-24(21)33-28)17-22(29-30)27-12-7-15-34-27/h2-16,23,28H,17-18H2,1H3/t23-,28-/m0/s1. The molecule has 0 saturated heterocycles. The van der Waals surface area contributed by atoms with Crippen LogP contribution in [0.4, 0.5) is 0 Å². The second-order valence-corrected chi connectivity index (χ2v) is 9.26. The lowest BCUT2D eigenvalue weighted by Crippen LogP contribution is -2.33. The molecule has 3 heterocycles. The van der Waals surface area contributed by atoms with Gasteiger partial charge in [-0.2, -0.15) is 5.10 Å². The van der Waals surface area contributed by atoms with Gasteiger partial charge < -0.3 is 14.2 Å². The van der Waals surface area contributed by atoms with Crippen molar-refractivity contribution in [3.8, 4) is 17.2 Å². The number of hydrogen-bond acceptors (Lipinski definition) is 6. The van der Waals surface area contributed by atoms with Crippen LogP contribution in [0.5, 0.6) is 17.2 Å². The maximum atomic E-state index is 6.49. The van der Waals surface area contributed by atoms with Gasteiger partial charge in [0, 0.05) is 17.5 Å². The van der Waals surface area contributed by atoms with E-state index in [9.17, 15) is 0 Å². The van der Waals surface area contributed by atoms with Crippen LogP contribution < -0.4 is 14.2 Å². The van der Waals surface area contributed by atoms with Gasteiger partial charge in [0.15, 0.2) is 11.5 Å². The summed E-state index contributed by atoms with van der Waals surface area (Å²) in [6.45, 7) is 0.479. The summed E-state index contributed by atoms with van der Waals surface area (Å²) < 4.78 is 18.2. The van der Waals surface area contributed by atoms with Crippen LogP contribution >= 0.6 is 11.3 Å². The minimum absolute atomic E-state index is 0.132. The lowest BCUT2D eigenvalue weighted by molar-refractivity contribution is -0.0191. The van der Waals surface area contributed by atoms with E-state index in [1.165, 1.54) is 10.4 Å². The van der Waals surface area contributed by atoms with Gasteiger partial charge in [0.25, 0.3) is 0 Å². The van der Waals surface area contributed by atoms with E-state index >= 15 is 0 Å².